The summed E-state index contributed by atoms with van der Waals surface area (Å²) in [6.07, 6.45) is 1.85. The van der Waals surface area contributed by atoms with Gasteiger partial charge in [-0.1, -0.05) is 17.7 Å². The fraction of sp³-hybridized carbons (Fsp3) is 0.278. The van der Waals surface area contributed by atoms with Crippen LogP contribution in [0.4, 0.5) is 8.78 Å². The number of nitrogens with zero attached hydrogens (tertiary/aromatic N) is 1. The Morgan fingerprint density at radius 1 is 1.20 bits per heavy atom. The summed E-state index contributed by atoms with van der Waals surface area (Å²) in [5.74, 6) is -0.638. The fourth-order valence-electron chi connectivity index (χ4n) is 2.08. The monoisotopic (exact) mass is 385 g/mol. The van der Waals surface area contributed by atoms with Gasteiger partial charge in [0.2, 0.25) is 0 Å². The third-order valence-corrected chi connectivity index (χ3v) is 4.50. The summed E-state index contributed by atoms with van der Waals surface area (Å²) in [6, 6.07) is 7.78. The first-order chi connectivity index (χ1) is 12.0. The maximum absolute atomic E-state index is 14.0. The molecule has 0 aliphatic rings. The van der Waals surface area contributed by atoms with Gasteiger partial charge in [-0.05, 0) is 37.4 Å². The summed E-state index contributed by atoms with van der Waals surface area (Å²) in [5, 5.41) is 1.26. The van der Waals surface area contributed by atoms with Crippen LogP contribution in [0.2, 0.25) is 5.02 Å². The van der Waals surface area contributed by atoms with Crippen LogP contribution in [0.1, 0.15) is 11.1 Å². The number of rotatable bonds is 6. The third-order valence-electron chi connectivity index (χ3n) is 3.55. The Labute approximate surface area is 155 Å². The molecule has 0 unspecified atom stereocenters. The molecule has 0 atom stereocenters. The van der Waals surface area contributed by atoms with Crippen LogP contribution >= 0.6 is 23.4 Å². The number of benzene rings is 2. The van der Waals surface area contributed by atoms with Gasteiger partial charge in [-0.2, -0.15) is 0 Å². The third kappa shape index (κ3) is 5.09. The molecule has 0 spiro atoms. The molecule has 0 saturated heterocycles. The molecule has 0 N–H and O–H groups in total. The maximum Gasteiger partial charge on any atom is 0.170 e. The molecule has 0 aliphatic carbocycles. The molecule has 7 heteroatoms. The highest BCUT2D eigenvalue weighted by molar-refractivity contribution is 8.13. The topological polar surface area (TPSA) is 30.8 Å². The molecular formula is C18H18ClF2NO2S. The molecule has 0 aliphatic heterocycles. The van der Waals surface area contributed by atoms with Crippen molar-refractivity contribution in [3.05, 3.63) is 58.1 Å². The van der Waals surface area contributed by atoms with E-state index in [1.807, 2.05) is 12.3 Å². The second-order valence-corrected chi connectivity index (χ2v) is 6.46. The highest BCUT2D eigenvalue weighted by Gasteiger charge is 2.12. The zero-order chi connectivity index (χ0) is 18.4. The Bertz CT molecular complexity index is 784. The first-order valence-electron chi connectivity index (χ1n) is 7.43. The number of hydrogen-bond donors (Lipinski definition) is 0. The van der Waals surface area contributed by atoms with Crippen molar-refractivity contribution < 1.29 is 18.3 Å². The highest BCUT2D eigenvalue weighted by atomic mass is 35.5. The van der Waals surface area contributed by atoms with Crippen LogP contribution in [0.3, 0.4) is 0 Å². The van der Waals surface area contributed by atoms with Gasteiger partial charge in [0, 0.05) is 16.1 Å². The minimum atomic E-state index is -0.695. The molecule has 0 heterocycles. The minimum Gasteiger partial charge on any atom is -0.496 e. The normalized spacial score (nSPS) is 11.5. The summed E-state index contributed by atoms with van der Waals surface area (Å²) in [5.41, 5.74) is 0.813. The van der Waals surface area contributed by atoms with Crippen molar-refractivity contribution in [2.24, 2.45) is 4.99 Å². The van der Waals surface area contributed by atoms with E-state index in [4.69, 9.17) is 21.1 Å². The van der Waals surface area contributed by atoms with E-state index < -0.39 is 11.6 Å². The molecule has 2 rings (SSSR count). The lowest BCUT2D eigenvalue weighted by molar-refractivity contribution is 0.352. The molecular weight excluding hydrogens is 368 g/mol. The number of thioether (sulfide) groups is 1. The number of halogens is 3. The predicted octanol–water partition coefficient (Wildman–Crippen LogP) is 5.28. The van der Waals surface area contributed by atoms with Crippen molar-refractivity contribution in [2.75, 3.05) is 20.0 Å². The molecule has 0 saturated carbocycles. The highest BCUT2D eigenvalue weighted by Crippen LogP contribution is 2.25. The lowest BCUT2D eigenvalue weighted by Crippen LogP contribution is -2.10. The van der Waals surface area contributed by atoms with Gasteiger partial charge in [0.1, 0.15) is 23.2 Å². The zero-order valence-electron chi connectivity index (χ0n) is 14.1. The Balaban J connectivity index is 2.08. The van der Waals surface area contributed by atoms with Crippen LogP contribution in [0, 0.1) is 18.6 Å². The first kappa shape index (κ1) is 19.5. The van der Waals surface area contributed by atoms with Crippen molar-refractivity contribution in [2.45, 2.75) is 13.5 Å². The zero-order valence-corrected chi connectivity index (χ0v) is 15.7. The average molecular weight is 386 g/mol. The van der Waals surface area contributed by atoms with Gasteiger partial charge in [0.05, 0.1) is 13.7 Å². The molecule has 134 valence electrons. The van der Waals surface area contributed by atoms with E-state index in [9.17, 15) is 8.78 Å². The Morgan fingerprint density at radius 3 is 2.64 bits per heavy atom. The molecule has 0 bridgehead atoms. The van der Waals surface area contributed by atoms with Crippen molar-refractivity contribution in [1.82, 2.24) is 0 Å². The molecule has 0 aromatic heterocycles. The van der Waals surface area contributed by atoms with E-state index >= 15 is 0 Å². The van der Waals surface area contributed by atoms with Gasteiger partial charge < -0.3 is 9.47 Å². The number of aliphatic imine (C=N–C) groups is 1. The van der Waals surface area contributed by atoms with Crippen molar-refractivity contribution in [3.8, 4) is 11.5 Å². The van der Waals surface area contributed by atoms with Gasteiger partial charge in [-0.25, -0.2) is 8.78 Å². The van der Waals surface area contributed by atoms with Gasteiger partial charge in [-0.15, -0.1) is 11.8 Å². The number of ether oxygens (including phenoxy) is 2. The smallest absolute Gasteiger partial charge is 0.170 e. The van der Waals surface area contributed by atoms with Crippen LogP contribution in [-0.4, -0.2) is 25.0 Å². The van der Waals surface area contributed by atoms with Crippen LogP contribution < -0.4 is 9.47 Å². The predicted molar refractivity (Wildman–Crippen MR) is 99.2 cm³/mol. The molecule has 2 aromatic rings. The lowest BCUT2D eigenvalue weighted by atomic mass is 10.2. The van der Waals surface area contributed by atoms with E-state index in [0.717, 1.165) is 5.56 Å². The molecule has 0 amide bonds. The second kappa shape index (κ2) is 9.06. The van der Waals surface area contributed by atoms with Gasteiger partial charge in [-0.3, -0.25) is 4.99 Å². The van der Waals surface area contributed by atoms with Crippen molar-refractivity contribution in [3.63, 3.8) is 0 Å². The SMILES string of the molecule is COc1cc(Cl)ccc1CN=C(COc1ccc(F)c(C)c1F)SC. The fourth-order valence-corrected chi connectivity index (χ4v) is 2.61. The Hall–Kier alpha value is -1.79. The largest absolute Gasteiger partial charge is 0.496 e. The quantitative estimate of drug-likeness (QED) is 0.501. The van der Waals surface area contributed by atoms with Gasteiger partial charge in [0.15, 0.2) is 11.6 Å². The number of methoxy groups -OCH3 is 1. The van der Waals surface area contributed by atoms with Crippen LogP contribution in [-0.2, 0) is 6.54 Å². The van der Waals surface area contributed by atoms with Gasteiger partial charge in [0.25, 0.3) is 0 Å². The maximum atomic E-state index is 14.0. The Kier molecular flexibility index (Phi) is 7.08. The standard InChI is InChI=1S/C18H18ClF2NO2S/c1-11-14(20)6-7-15(18(11)21)24-10-17(25-3)22-9-12-4-5-13(19)8-16(12)23-2/h4-8H,9-10H2,1-3H3. The van der Waals surface area contributed by atoms with E-state index in [1.165, 1.54) is 30.8 Å². The molecule has 25 heavy (non-hydrogen) atoms. The van der Waals surface area contributed by atoms with Crippen LogP contribution in [0.5, 0.6) is 11.5 Å². The summed E-state index contributed by atoms with van der Waals surface area (Å²) in [6.45, 7) is 1.85. The molecule has 3 nitrogen and oxygen atoms in total. The minimum absolute atomic E-state index is 0.00437. The lowest BCUT2D eigenvalue weighted by Gasteiger charge is -2.11. The molecule has 2 aromatic carbocycles. The van der Waals surface area contributed by atoms with E-state index in [2.05, 4.69) is 4.99 Å². The van der Waals surface area contributed by atoms with E-state index in [0.29, 0.717) is 22.4 Å². The van der Waals surface area contributed by atoms with Crippen molar-refractivity contribution >= 4 is 28.4 Å². The average Bonchev–Trinajstić information content (AvgIpc) is 2.62. The summed E-state index contributed by atoms with van der Waals surface area (Å²) in [7, 11) is 1.57. The van der Waals surface area contributed by atoms with E-state index in [1.54, 1.807) is 19.2 Å². The summed E-state index contributed by atoms with van der Waals surface area (Å²) >= 11 is 7.34. The molecule has 0 fully saturated rings. The van der Waals surface area contributed by atoms with Crippen molar-refractivity contribution in [1.29, 1.82) is 0 Å². The van der Waals surface area contributed by atoms with E-state index in [-0.39, 0.29) is 17.9 Å². The summed E-state index contributed by atoms with van der Waals surface area (Å²) in [4.78, 5) is 4.47. The number of hydrogen-bond acceptors (Lipinski definition) is 4. The van der Waals surface area contributed by atoms with Crippen LogP contribution in [0.15, 0.2) is 35.3 Å². The summed E-state index contributed by atoms with van der Waals surface area (Å²) < 4.78 is 38.0. The second-order valence-electron chi connectivity index (χ2n) is 5.14. The first-order valence-corrected chi connectivity index (χ1v) is 9.03. The Morgan fingerprint density at radius 2 is 1.96 bits per heavy atom. The van der Waals surface area contributed by atoms with Crippen LogP contribution in [0.25, 0.3) is 0 Å². The molecule has 0 radical (unpaired) electrons. The van der Waals surface area contributed by atoms with Gasteiger partial charge >= 0.3 is 0 Å².